The lowest BCUT2D eigenvalue weighted by molar-refractivity contribution is -0.136. The predicted molar refractivity (Wildman–Crippen MR) is 90.5 cm³/mol. The van der Waals surface area contributed by atoms with E-state index in [2.05, 4.69) is 4.98 Å². The molecule has 1 aliphatic heterocycles. The summed E-state index contributed by atoms with van der Waals surface area (Å²) in [4.78, 5) is 19.0. The molecule has 2 N–H and O–H groups in total. The first-order valence-electron chi connectivity index (χ1n) is 8.19. The molecule has 0 saturated carbocycles. The van der Waals surface area contributed by atoms with Crippen molar-refractivity contribution in [1.29, 1.82) is 0 Å². The molecule has 2 aromatic rings. The van der Waals surface area contributed by atoms with Gasteiger partial charge in [0, 0.05) is 25.0 Å². The SMILES string of the molecule is C[C@H](C(=O)N1CCC[C@@H]1c1ccncc1)[C@H](N)c1ccccc1. The van der Waals surface area contributed by atoms with Crippen LogP contribution in [0.4, 0.5) is 0 Å². The van der Waals surface area contributed by atoms with Crippen LogP contribution in [0.15, 0.2) is 54.9 Å². The van der Waals surface area contributed by atoms with Gasteiger partial charge in [0.15, 0.2) is 0 Å². The third-order valence-electron chi connectivity index (χ3n) is 4.74. The van der Waals surface area contributed by atoms with Crippen LogP contribution in [0.2, 0.25) is 0 Å². The van der Waals surface area contributed by atoms with E-state index in [4.69, 9.17) is 5.73 Å². The van der Waals surface area contributed by atoms with Crippen molar-refractivity contribution in [2.24, 2.45) is 11.7 Å². The van der Waals surface area contributed by atoms with E-state index in [1.165, 1.54) is 0 Å². The van der Waals surface area contributed by atoms with Crippen LogP contribution < -0.4 is 5.73 Å². The maximum atomic E-state index is 13.0. The number of amides is 1. The van der Waals surface area contributed by atoms with Crippen molar-refractivity contribution in [3.05, 3.63) is 66.0 Å². The smallest absolute Gasteiger partial charge is 0.227 e. The van der Waals surface area contributed by atoms with E-state index in [9.17, 15) is 4.79 Å². The zero-order valence-corrected chi connectivity index (χ0v) is 13.4. The summed E-state index contributed by atoms with van der Waals surface area (Å²) in [6.45, 7) is 2.74. The third-order valence-corrected chi connectivity index (χ3v) is 4.74. The maximum absolute atomic E-state index is 13.0. The molecule has 0 unspecified atom stereocenters. The summed E-state index contributed by atoms with van der Waals surface area (Å²) in [6.07, 6.45) is 5.61. The lowest BCUT2D eigenvalue weighted by Gasteiger charge is -2.30. The Morgan fingerprint density at radius 1 is 1.22 bits per heavy atom. The number of rotatable bonds is 4. The summed E-state index contributed by atoms with van der Waals surface area (Å²) < 4.78 is 0. The highest BCUT2D eigenvalue weighted by atomic mass is 16.2. The number of nitrogens with two attached hydrogens (primary N) is 1. The molecule has 120 valence electrons. The van der Waals surface area contributed by atoms with Gasteiger partial charge in [0.25, 0.3) is 0 Å². The van der Waals surface area contributed by atoms with Crippen molar-refractivity contribution in [3.63, 3.8) is 0 Å². The number of hydrogen-bond acceptors (Lipinski definition) is 3. The number of pyridine rings is 1. The lowest BCUT2D eigenvalue weighted by Crippen LogP contribution is -2.39. The van der Waals surface area contributed by atoms with E-state index in [1.54, 1.807) is 12.4 Å². The number of benzene rings is 1. The van der Waals surface area contributed by atoms with Crippen molar-refractivity contribution < 1.29 is 4.79 Å². The average molecular weight is 309 g/mol. The van der Waals surface area contributed by atoms with Crippen molar-refractivity contribution in [2.45, 2.75) is 31.8 Å². The Bertz CT molecular complexity index is 644. The van der Waals surface area contributed by atoms with E-state index in [1.807, 2.05) is 54.3 Å². The van der Waals surface area contributed by atoms with Crippen molar-refractivity contribution in [1.82, 2.24) is 9.88 Å². The Balaban J connectivity index is 1.76. The van der Waals surface area contributed by atoms with Gasteiger partial charge in [-0.05, 0) is 36.1 Å². The molecule has 0 radical (unpaired) electrons. The molecular weight excluding hydrogens is 286 g/mol. The fourth-order valence-electron chi connectivity index (χ4n) is 3.34. The molecule has 2 heterocycles. The molecule has 3 atom stereocenters. The molecule has 1 aromatic carbocycles. The first-order valence-corrected chi connectivity index (χ1v) is 8.19. The summed E-state index contributed by atoms with van der Waals surface area (Å²) in [5.41, 5.74) is 8.50. The topological polar surface area (TPSA) is 59.2 Å². The van der Waals surface area contributed by atoms with Gasteiger partial charge in [0.2, 0.25) is 5.91 Å². The quantitative estimate of drug-likeness (QED) is 0.944. The molecule has 0 bridgehead atoms. The number of carbonyl (C=O) groups excluding carboxylic acids is 1. The zero-order chi connectivity index (χ0) is 16.2. The molecule has 1 amide bonds. The van der Waals surface area contributed by atoms with Gasteiger partial charge in [-0.2, -0.15) is 0 Å². The van der Waals surface area contributed by atoms with Gasteiger partial charge in [-0.1, -0.05) is 37.3 Å². The van der Waals surface area contributed by atoms with E-state index < -0.39 is 0 Å². The molecule has 1 saturated heterocycles. The van der Waals surface area contributed by atoms with Gasteiger partial charge >= 0.3 is 0 Å². The fourth-order valence-corrected chi connectivity index (χ4v) is 3.34. The molecule has 4 nitrogen and oxygen atoms in total. The first kappa shape index (κ1) is 15.7. The Hall–Kier alpha value is -2.20. The number of likely N-dealkylation sites (tertiary alicyclic amines) is 1. The van der Waals surface area contributed by atoms with Crippen LogP contribution in [0.1, 0.15) is 43.0 Å². The summed E-state index contributed by atoms with van der Waals surface area (Å²) in [6, 6.07) is 13.7. The van der Waals surface area contributed by atoms with Crippen LogP contribution >= 0.6 is 0 Å². The molecule has 3 rings (SSSR count). The largest absolute Gasteiger partial charge is 0.335 e. The molecule has 1 aliphatic rings. The Kier molecular flexibility index (Phi) is 4.72. The van der Waals surface area contributed by atoms with E-state index in [0.717, 1.165) is 30.5 Å². The molecule has 0 aliphatic carbocycles. The molecule has 1 aromatic heterocycles. The minimum absolute atomic E-state index is 0.140. The second-order valence-electron chi connectivity index (χ2n) is 6.20. The summed E-state index contributed by atoms with van der Waals surface area (Å²) in [7, 11) is 0. The lowest BCUT2D eigenvalue weighted by atomic mass is 9.93. The highest BCUT2D eigenvalue weighted by Gasteiger charge is 2.34. The number of carbonyl (C=O) groups is 1. The normalized spacial score (nSPS) is 20.3. The highest BCUT2D eigenvalue weighted by Crippen LogP contribution is 2.34. The predicted octanol–water partition coefficient (Wildman–Crippen LogP) is 3.08. The first-order chi connectivity index (χ1) is 11.2. The standard InChI is InChI=1S/C19H23N3O/c1-14(18(20)16-6-3-2-4-7-16)19(23)22-13-5-8-17(22)15-9-11-21-12-10-15/h2-4,6-7,9-12,14,17-18H,5,8,13,20H2,1H3/t14-,17+,18-/m0/s1. The van der Waals surface area contributed by atoms with Gasteiger partial charge in [-0.15, -0.1) is 0 Å². The van der Waals surface area contributed by atoms with Crippen LogP contribution in [-0.4, -0.2) is 22.3 Å². The van der Waals surface area contributed by atoms with Gasteiger partial charge in [0.1, 0.15) is 0 Å². The Morgan fingerprint density at radius 2 is 1.91 bits per heavy atom. The van der Waals surface area contributed by atoms with Crippen LogP contribution in [0, 0.1) is 5.92 Å². The Labute approximate surface area is 137 Å². The van der Waals surface area contributed by atoms with Crippen LogP contribution in [-0.2, 0) is 4.79 Å². The van der Waals surface area contributed by atoms with E-state index in [-0.39, 0.29) is 23.9 Å². The maximum Gasteiger partial charge on any atom is 0.227 e. The molecule has 1 fully saturated rings. The van der Waals surface area contributed by atoms with Gasteiger partial charge in [-0.25, -0.2) is 0 Å². The molecule has 4 heteroatoms. The second kappa shape index (κ2) is 6.92. The third kappa shape index (κ3) is 3.27. The highest BCUT2D eigenvalue weighted by molar-refractivity contribution is 5.80. The average Bonchev–Trinajstić information content (AvgIpc) is 3.11. The zero-order valence-electron chi connectivity index (χ0n) is 13.4. The Morgan fingerprint density at radius 3 is 2.61 bits per heavy atom. The summed E-state index contributed by atoms with van der Waals surface area (Å²) in [5.74, 6) is -0.0968. The molecule has 0 spiro atoms. The van der Waals surface area contributed by atoms with Crippen molar-refractivity contribution in [2.75, 3.05) is 6.54 Å². The monoisotopic (exact) mass is 309 g/mol. The molecular formula is C19H23N3O. The van der Waals surface area contributed by atoms with Crippen LogP contribution in [0.3, 0.4) is 0 Å². The summed E-state index contributed by atoms with van der Waals surface area (Å²) >= 11 is 0. The van der Waals surface area contributed by atoms with E-state index >= 15 is 0 Å². The summed E-state index contributed by atoms with van der Waals surface area (Å²) in [5, 5.41) is 0. The minimum Gasteiger partial charge on any atom is -0.335 e. The van der Waals surface area contributed by atoms with Gasteiger partial charge in [-0.3, -0.25) is 9.78 Å². The molecule has 23 heavy (non-hydrogen) atoms. The number of nitrogens with zero attached hydrogens (tertiary/aromatic N) is 2. The van der Waals surface area contributed by atoms with Gasteiger partial charge < -0.3 is 10.6 Å². The van der Waals surface area contributed by atoms with Crippen LogP contribution in [0.5, 0.6) is 0 Å². The number of aromatic nitrogens is 1. The van der Waals surface area contributed by atoms with Crippen molar-refractivity contribution >= 4 is 5.91 Å². The van der Waals surface area contributed by atoms with E-state index in [0.29, 0.717) is 0 Å². The minimum atomic E-state index is -0.276. The fraction of sp³-hybridized carbons (Fsp3) is 0.368. The van der Waals surface area contributed by atoms with Crippen LogP contribution in [0.25, 0.3) is 0 Å². The number of hydrogen-bond donors (Lipinski definition) is 1. The van der Waals surface area contributed by atoms with Crippen molar-refractivity contribution in [3.8, 4) is 0 Å². The van der Waals surface area contributed by atoms with Gasteiger partial charge in [0.05, 0.1) is 12.0 Å². The second-order valence-corrected chi connectivity index (χ2v) is 6.20.